The monoisotopic (exact) mass is 258 g/mol. The smallest absolute Gasteiger partial charge is 0.399 e. The highest BCUT2D eigenvalue weighted by molar-refractivity contribution is 6.62. The van der Waals surface area contributed by atoms with Gasteiger partial charge in [-0.15, -0.1) is 0 Å². The second-order valence-corrected chi connectivity index (χ2v) is 5.80. The van der Waals surface area contributed by atoms with E-state index in [1.54, 1.807) is 12.1 Å². The number of hydrogen-bond acceptors (Lipinski definition) is 3. The first-order valence-electron chi connectivity index (χ1n) is 6.38. The molecule has 100 valence electrons. The van der Waals surface area contributed by atoms with Gasteiger partial charge in [-0.1, -0.05) is 30.9 Å². The lowest BCUT2D eigenvalue weighted by Gasteiger charge is -2.32. The van der Waals surface area contributed by atoms with Crippen LogP contribution in [0.25, 0.3) is 6.08 Å². The van der Waals surface area contributed by atoms with Gasteiger partial charge in [0, 0.05) is 5.56 Å². The van der Waals surface area contributed by atoms with Gasteiger partial charge in [-0.25, -0.2) is 0 Å². The van der Waals surface area contributed by atoms with Crippen LogP contribution in [0.15, 0.2) is 24.8 Å². The zero-order valence-corrected chi connectivity index (χ0v) is 11.9. The van der Waals surface area contributed by atoms with Gasteiger partial charge in [0.05, 0.1) is 11.2 Å². The van der Waals surface area contributed by atoms with Crippen molar-refractivity contribution < 1.29 is 14.1 Å². The van der Waals surface area contributed by atoms with E-state index in [2.05, 4.69) is 6.58 Å². The molecule has 4 heteroatoms. The molecule has 1 fully saturated rings. The fourth-order valence-electron chi connectivity index (χ4n) is 2.01. The Labute approximate surface area is 114 Å². The summed E-state index contributed by atoms with van der Waals surface area (Å²) in [5, 5.41) is 0. The van der Waals surface area contributed by atoms with E-state index >= 15 is 0 Å². The van der Waals surface area contributed by atoms with Gasteiger partial charge in [-0.2, -0.15) is 0 Å². The average Bonchev–Trinajstić information content (AvgIpc) is 2.57. The Morgan fingerprint density at radius 2 is 1.68 bits per heavy atom. The Balaban J connectivity index is 2.35. The molecule has 1 heterocycles. The summed E-state index contributed by atoms with van der Waals surface area (Å²) in [5.41, 5.74) is 1.51. The van der Waals surface area contributed by atoms with Crippen LogP contribution < -0.4 is 5.46 Å². The number of hydrogen-bond donors (Lipinski definition) is 0. The Kier molecular flexibility index (Phi) is 3.41. The molecule has 0 atom stereocenters. The number of carbonyl (C=O) groups is 1. The van der Waals surface area contributed by atoms with Crippen LogP contribution in [-0.2, 0) is 9.31 Å². The predicted molar refractivity (Wildman–Crippen MR) is 77.6 cm³/mol. The van der Waals surface area contributed by atoms with Crippen LogP contribution in [-0.4, -0.2) is 24.6 Å². The van der Waals surface area contributed by atoms with Crippen molar-refractivity contribution in [3.63, 3.8) is 0 Å². The molecule has 0 aromatic heterocycles. The first-order valence-corrected chi connectivity index (χ1v) is 6.38. The van der Waals surface area contributed by atoms with Crippen molar-refractivity contribution in [2.45, 2.75) is 38.9 Å². The SMILES string of the molecule is C=Cc1ccc(B2OC(C)(C)C(C)(C)O2)cc1C=O. The Morgan fingerprint density at radius 3 is 2.16 bits per heavy atom. The molecule has 0 amide bonds. The number of benzene rings is 1. The summed E-state index contributed by atoms with van der Waals surface area (Å²) < 4.78 is 11.9. The summed E-state index contributed by atoms with van der Waals surface area (Å²) in [5.74, 6) is 0. The standard InChI is InChI=1S/C15H19BO3/c1-6-11-7-8-13(9-12(11)10-17)16-18-14(2,3)15(4,5)19-16/h6-10H,1H2,2-5H3. The molecule has 0 aliphatic carbocycles. The molecule has 0 unspecified atom stereocenters. The highest BCUT2D eigenvalue weighted by atomic mass is 16.7. The third-order valence-electron chi connectivity index (χ3n) is 3.98. The lowest BCUT2D eigenvalue weighted by Crippen LogP contribution is -2.41. The maximum absolute atomic E-state index is 11.1. The van der Waals surface area contributed by atoms with Gasteiger partial charge in [0.1, 0.15) is 0 Å². The molecular weight excluding hydrogens is 239 g/mol. The second-order valence-electron chi connectivity index (χ2n) is 5.80. The van der Waals surface area contributed by atoms with E-state index in [0.717, 1.165) is 17.3 Å². The molecule has 0 N–H and O–H groups in total. The van der Waals surface area contributed by atoms with E-state index in [9.17, 15) is 4.79 Å². The molecule has 2 rings (SSSR count). The molecule has 3 nitrogen and oxygen atoms in total. The molecule has 1 saturated heterocycles. The number of rotatable bonds is 3. The van der Waals surface area contributed by atoms with Crippen LogP contribution in [0, 0.1) is 0 Å². The zero-order valence-electron chi connectivity index (χ0n) is 11.9. The summed E-state index contributed by atoms with van der Waals surface area (Å²) in [6.07, 6.45) is 2.49. The highest BCUT2D eigenvalue weighted by Gasteiger charge is 2.51. The van der Waals surface area contributed by atoms with Gasteiger partial charge in [0.2, 0.25) is 0 Å². The van der Waals surface area contributed by atoms with Crippen molar-refractivity contribution in [2.24, 2.45) is 0 Å². The van der Waals surface area contributed by atoms with Crippen molar-refractivity contribution in [1.29, 1.82) is 0 Å². The summed E-state index contributed by atoms with van der Waals surface area (Å²) >= 11 is 0. The fraction of sp³-hybridized carbons (Fsp3) is 0.400. The second kappa shape index (κ2) is 4.62. The van der Waals surface area contributed by atoms with Crippen molar-refractivity contribution in [1.82, 2.24) is 0 Å². The molecule has 0 saturated carbocycles. The Hall–Kier alpha value is -1.39. The highest BCUT2D eigenvalue weighted by Crippen LogP contribution is 2.36. The third-order valence-corrected chi connectivity index (χ3v) is 3.98. The van der Waals surface area contributed by atoms with Crippen LogP contribution in [0.1, 0.15) is 43.6 Å². The molecule has 19 heavy (non-hydrogen) atoms. The van der Waals surface area contributed by atoms with E-state index in [-0.39, 0.29) is 11.2 Å². The molecule has 1 aliphatic heterocycles. The van der Waals surface area contributed by atoms with Crippen LogP contribution >= 0.6 is 0 Å². The summed E-state index contributed by atoms with van der Waals surface area (Å²) in [6.45, 7) is 11.7. The topological polar surface area (TPSA) is 35.5 Å². The first kappa shape index (κ1) is 14.0. The molecule has 1 aromatic rings. The van der Waals surface area contributed by atoms with Crippen LogP contribution in [0.4, 0.5) is 0 Å². The quantitative estimate of drug-likeness (QED) is 0.617. The van der Waals surface area contributed by atoms with Crippen LogP contribution in [0.5, 0.6) is 0 Å². The maximum atomic E-state index is 11.1. The predicted octanol–water partition coefficient (Wildman–Crippen LogP) is 2.44. The molecule has 0 radical (unpaired) electrons. The van der Waals surface area contributed by atoms with Gasteiger partial charge < -0.3 is 9.31 Å². The fourth-order valence-corrected chi connectivity index (χ4v) is 2.01. The maximum Gasteiger partial charge on any atom is 0.494 e. The minimum Gasteiger partial charge on any atom is -0.399 e. The lowest BCUT2D eigenvalue weighted by molar-refractivity contribution is 0.00578. The minimum absolute atomic E-state index is 0.379. The Morgan fingerprint density at radius 1 is 1.11 bits per heavy atom. The summed E-state index contributed by atoms with van der Waals surface area (Å²) in [6, 6.07) is 5.56. The summed E-state index contributed by atoms with van der Waals surface area (Å²) in [4.78, 5) is 11.1. The van der Waals surface area contributed by atoms with Gasteiger partial charge in [0.25, 0.3) is 0 Å². The van der Waals surface area contributed by atoms with Gasteiger partial charge in [-0.05, 0) is 38.7 Å². The summed E-state index contributed by atoms with van der Waals surface area (Å²) in [7, 11) is -0.442. The van der Waals surface area contributed by atoms with E-state index in [4.69, 9.17) is 9.31 Å². The van der Waals surface area contributed by atoms with Crippen molar-refractivity contribution in [2.75, 3.05) is 0 Å². The molecule has 1 aliphatic rings. The lowest BCUT2D eigenvalue weighted by atomic mass is 9.78. The normalized spacial score (nSPS) is 20.3. The van der Waals surface area contributed by atoms with E-state index in [1.165, 1.54) is 0 Å². The Bertz CT molecular complexity index is 504. The number of aldehydes is 1. The van der Waals surface area contributed by atoms with Gasteiger partial charge >= 0.3 is 7.12 Å². The van der Waals surface area contributed by atoms with E-state index < -0.39 is 7.12 Å². The van der Waals surface area contributed by atoms with E-state index in [0.29, 0.717) is 5.56 Å². The average molecular weight is 258 g/mol. The van der Waals surface area contributed by atoms with Gasteiger partial charge in [-0.3, -0.25) is 4.79 Å². The van der Waals surface area contributed by atoms with Gasteiger partial charge in [0.15, 0.2) is 6.29 Å². The number of carbonyl (C=O) groups excluding carboxylic acids is 1. The van der Waals surface area contributed by atoms with Crippen LogP contribution in [0.3, 0.4) is 0 Å². The molecule has 1 aromatic carbocycles. The minimum atomic E-state index is -0.442. The van der Waals surface area contributed by atoms with E-state index in [1.807, 2.05) is 39.8 Å². The molecule has 0 spiro atoms. The van der Waals surface area contributed by atoms with Crippen molar-refractivity contribution in [3.8, 4) is 0 Å². The van der Waals surface area contributed by atoms with Crippen LogP contribution in [0.2, 0.25) is 0 Å². The van der Waals surface area contributed by atoms with Crippen molar-refractivity contribution >= 4 is 24.9 Å². The molecule has 0 bridgehead atoms. The largest absolute Gasteiger partial charge is 0.494 e. The van der Waals surface area contributed by atoms with Crippen molar-refractivity contribution in [3.05, 3.63) is 35.9 Å². The zero-order chi connectivity index (χ0) is 14.3. The first-order chi connectivity index (χ1) is 8.80. The molecular formula is C15H19BO3. The third kappa shape index (κ3) is 2.38.